The van der Waals surface area contributed by atoms with E-state index in [2.05, 4.69) is 37.6 Å². The second kappa shape index (κ2) is 14.2. The predicted octanol–water partition coefficient (Wildman–Crippen LogP) is 4.04. The first kappa shape index (κ1) is 28.7. The van der Waals surface area contributed by atoms with Crippen LogP contribution in [0, 0.1) is 0 Å². The normalized spacial score (nSPS) is 14.1. The third kappa shape index (κ3) is 8.11. The number of nitrogens with zero attached hydrogens (tertiary/aromatic N) is 4. The molecular weight excluding hydrogens is 536 g/mol. The van der Waals surface area contributed by atoms with Gasteiger partial charge in [-0.15, -0.1) is 11.3 Å². The minimum atomic E-state index is -0.0943. The molecule has 1 saturated heterocycles. The molecule has 2 aromatic heterocycles. The Morgan fingerprint density at radius 1 is 1.00 bits per heavy atom. The monoisotopic (exact) mass is 572 g/mol. The third-order valence-electron chi connectivity index (χ3n) is 7.04. The molecule has 0 unspecified atom stereocenters. The number of hydrogen-bond donors (Lipinski definition) is 3. The Morgan fingerprint density at radius 2 is 1.80 bits per heavy atom. The van der Waals surface area contributed by atoms with Crippen molar-refractivity contribution in [2.45, 2.75) is 13.0 Å². The van der Waals surface area contributed by atoms with Crippen LogP contribution < -0.4 is 15.4 Å². The number of thiophene rings is 1. The number of benzene rings is 2. The summed E-state index contributed by atoms with van der Waals surface area (Å²) in [6.45, 7) is 6.33. The Morgan fingerprint density at radius 3 is 2.63 bits per heavy atom. The summed E-state index contributed by atoms with van der Waals surface area (Å²) in [5, 5.41) is 15.5. The molecule has 9 nitrogen and oxygen atoms in total. The van der Waals surface area contributed by atoms with Gasteiger partial charge >= 0.3 is 0 Å². The standard InChI is InChI=1S/C31H36N6O3S/c1-40-26-7-3-4-23(21-26)10-12-32-30(39)29-9-8-28(41-29)27-11-13-33-31(35-27)34-25-6-2-5-24(20-25)22-37-16-14-36(15-17-37)18-19-38/h2-9,11,13,20-21,38H,10,12,14-19,22H2,1H3,(H,32,39)(H,33,34,35). The maximum atomic E-state index is 12.7. The molecule has 0 aliphatic carbocycles. The van der Waals surface area contributed by atoms with Crippen LogP contribution in [0.4, 0.5) is 11.6 Å². The Hall–Kier alpha value is -3.83. The molecule has 5 rings (SSSR count). The molecule has 1 fully saturated rings. The maximum absolute atomic E-state index is 12.7. The fourth-order valence-corrected chi connectivity index (χ4v) is 5.73. The van der Waals surface area contributed by atoms with E-state index >= 15 is 0 Å². The minimum Gasteiger partial charge on any atom is -0.497 e. The van der Waals surface area contributed by atoms with E-state index in [0.717, 1.165) is 73.3 Å². The average molecular weight is 573 g/mol. The molecule has 10 heteroatoms. The number of piperazine rings is 1. The summed E-state index contributed by atoms with van der Waals surface area (Å²) in [6.07, 6.45) is 2.46. The Labute approximate surface area is 244 Å². The van der Waals surface area contributed by atoms with Crippen molar-refractivity contribution in [3.05, 3.63) is 88.9 Å². The van der Waals surface area contributed by atoms with Gasteiger partial charge in [0, 0.05) is 57.7 Å². The molecule has 1 aliphatic rings. The van der Waals surface area contributed by atoms with Crippen LogP contribution in [0.3, 0.4) is 0 Å². The van der Waals surface area contributed by atoms with Crippen molar-refractivity contribution in [1.29, 1.82) is 0 Å². The lowest BCUT2D eigenvalue weighted by molar-refractivity contribution is 0.0958. The number of rotatable bonds is 12. The molecule has 1 amide bonds. The van der Waals surface area contributed by atoms with Crippen LogP contribution in [0.5, 0.6) is 5.75 Å². The van der Waals surface area contributed by atoms with Crippen molar-refractivity contribution in [2.24, 2.45) is 0 Å². The van der Waals surface area contributed by atoms with Crippen LogP contribution in [0.2, 0.25) is 0 Å². The summed E-state index contributed by atoms with van der Waals surface area (Å²) in [6, 6.07) is 21.8. The highest BCUT2D eigenvalue weighted by Crippen LogP contribution is 2.28. The fraction of sp³-hybridized carbons (Fsp3) is 0.323. The second-order valence-electron chi connectivity index (χ2n) is 9.95. The zero-order valence-corrected chi connectivity index (χ0v) is 24.1. The summed E-state index contributed by atoms with van der Waals surface area (Å²) >= 11 is 1.41. The van der Waals surface area contributed by atoms with E-state index in [4.69, 9.17) is 14.8 Å². The lowest BCUT2D eigenvalue weighted by atomic mass is 10.1. The van der Waals surface area contributed by atoms with Gasteiger partial charge in [0.05, 0.1) is 29.2 Å². The zero-order chi connectivity index (χ0) is 28.4. The molecular formula is C31H36N6O3S. The smallest absolute Gasteiger partial charge is 0.261 e. The first-order chi connectivity index (χ1) is 20.1. The molecule has 3 N–H and O–H groups in total. The first-order valence-electron chi connectivity index (χ1n) is 13.9. The highest BCUT2D eigenvalue weighted by atomic mass is 32.1. The summed E-state index contributed by atoms with van der Waals surface area (Å²) in [7, 11) is 1.65. The van der Waals surface area contributed by atoms with E-state index in [1.165, 1.54) is 16.9 Å². The van der Waals surface area contributed by atoms with E-state index in [1.807, 2.05) is 54.6 Å². The molecule has 0 radical (unpaired) electrons. The van der Waals surface area contributed by atoms with Crippen LogP contribution in [0.25, 0.3) is 10.6 Å². The van der Waals surface area contributed by atoms with Crippen LogP contribution in [-0.2, 0) is 13.0 Å². The number of β-amino-alcohol motifs (C(OH)–C–C–N with tert-alkyl or cyclic N) is 1. The SMILES string of the molecule is COc1cccc(CCNC(=O)c2ccc(-c3ccnc(Nc4cccc(CN5CCN(CCO)CC5)c4)n3)s2)c1. The molecule has 0 spiro atoms. The number of ether oxygens (including phenoxy) is 1. The van der Waals surface area contributed by atoms with Gasteiger partial charge in [-0.1, -0.05) is 24.3 Å². The molecule has 214 valence electrons. The van der Waals surface area contributed by atoms with Gasteiger partial charge in [0.2, 0.25) is 5.95 Å². The molecule has 2 aromatic carbocycles. The second-order valence-corrected chi connectivity index (χ2v) is 11.0. The van der Waals surface area contributed by atoms with Crippen LogP contribution in [-0.4, -0.2) is 83.8 Å². The van der Waals surface area contributed by atoms with Crippen molar-refractivity contribution >= 4 is 28.9 Å². The highest BCUT2D eigenvalue weighted by molar-refractivity contribution is 7.17. The van der Waals surface area contributed by atoms with Crippen LogP contribution in [0.1, 0.15) is 20.8 Å². The van der Waals surface area contributed by atoms with Crippen molar-refractivity contribution in [3.63, 3.8) is 0 Å². The third-order valence-corrected chi connectivity index (χ3v) is 8.15. The van der Waals surface area contributed by atoms with E-state index in [1.54, 1.807) is 13.3 Å². The predicted molar refractivity (Wildman–Crippen MR) is 163 cm³/mol. The number of hydrogen-bond acceptors (Lipinski definition) is 9. The molecule has 4 aromatic rings. The van der Waals surface area contributed by atoms with E-state index in [-0.39, 0.29) is 12.5 Å². The number of anilines is 2. The molecule has 0 atom stereocenters. The van der Waals surface area contributed by atoms with Gasteiger partial charge < -0.3 is 20.5 Å². The Kier molecular flexibility index (Phi) is 9.92. The maximum Gasteiger partial charge on any atom is 0.261 e. The van der Waals surface area contributed by atoms with Gasteiger partial charge in [0.25, 0.3) is 5.91 Å². The number of amides is 1. The van der Waals surface area contributed by atoms with Crippen molar-refractivity contribution in [3.8, 4) is 16.3 Å². The lowest BCUT2D eigenvalue weighted by Crippen LogP contribution is -2.46. The fourth-order valence-electron chi connectivity index (χ4n) is 4.84. The summed E-state index contributed by atoms with van der Waals surface area (Å²) in [5.74, 6) is 1.23. The largest absolute Gasteiger partial charge is 0.497 e. The zero-order valence-electron chi connectivity index (χ0n) is 23.3. The molecule has 1 aliphatic heterocycles. The van der Waals surface area contributed by atoms with Gasteiger partial charge in [0.1, 0.15) is 5.75 Å². The topological polar surface area (TPSA) is 103 Å². The Bertz CT molecular complexity index is 1440. The van der Waals surface area contributed by atoms with E-state index < -0.39 is 0 Å². The molecule has 0 saturated carbocycles. The number of carbonyl (C=O) groups excluding carboxylic acids is 1. The van der Waals surface area contributed by atoms with Gasteiger partial charge in [0.15, 0.2) is 0 Å². The summed E-state index contributed by atoms with van der Waals surface area (Å²) in [4.78, 5) is 28.1. The van der Waals surface area contributed by atoms with Gasteiger partial charge in [-0.3, -0.25) is 14.6 Å². The van der Waals surface area contributed by atoms with Gasteiger partial charge in [-0.2, -0.15) is 0 Å². The molecule has 3 heterocycles. The Balaban J connectivity index is 1.15. The highest BCUT2D eigenvalue weighted by Gasteiger charge is 2.17. The number of aliphatic hydroxyl groups is 1. The van der Waals surface area contributed by atoms with Crippen LogP contribution in [0.15, 0.2) is 72.9 Å². The van der Waals surface area contributed by atoms with Gasteiger partial charge in [-0.25, -0.2) is 9.97 Å². The number of aromatic nitrogens is 2. The molecule has 0 bridgehead atoms. The number of nitrogens with one attached hydrogen (secondary N) is 2. The van der Waals surface area contributed by atoms with Crippen molar-refractivity contribution in [1.82, 2.24) is 25.1 Å². The summed E-state index contributed by atoms with van der Waals surface area (Å²) < 4.78 is 5.27. The number of methoxy groups -OCH3 is 1. The quantitative estimate of drug-likeness (QED) is 0.234. The number of carbonyl (C=O) groups is 1. The first-order valence-corrected chi connectivity index (χ1v) is 14.7. The van der Waals surface area contributed by atoms with E-state index in [9.17, 15) is 4.79 Å². The number of aliphatic hydroxyl groups excluding tert-OH is 1. The lowest BCUT2D eigenvalue weighted by Gasteiger charge is -2.34. The summed E-state index contributed by atoms with van der Waals surface area (Å²) in [5.41, 5.74) is 4.03. The average Bonchev–Trinajstić information content (AvgIpc) is 3.50. The van der Waals surface area contributed by atoms with Crippen molar-refractivity contribution in [2.75, 3.05) is 58.3 Å². The van der Waals surface area contributed by atoms with Crippen LogP contribution >= 0.6 is 11.3 Å². The van der Waals surface area contributed by atoms with Gasteiger partial charge in [-0.05, 0) is 60.0 Å². The van der Waals surface area contributed by atoms with E-state index in [0.29, 0.717) is 17.4 Å². The molecule has 41 heavy (non-hydrogen) atoms. The minimum absolute atomic E-state index is 0.0943. The van der Waals surface area contributed by atoms with Crippen molar-refractivity contribution < 1.29 is 14.6 Å².